The number of rotatable bonds is 6. The number of carbonyl (C=O) groups is 1. The molecule has 0 aromatic heterocycles. The average Bonchev–Trinajstić information content (AvgIpc) is 2.76. The van der Waals surface area contributed by atoms with Crippen LogP contribution in [0.5, 0.6) is 0 Å². The minimum Gasteiger partial charge on any atom is -0.377 e. The zero-order valence-corrected chi connectivity index (χ0v) is 9.56. The van der Waals surface area contributed by atoms with E-state index in [1.54, 1.807) is 0 Å². The van der Waals surface area contributed by atoms with E-state index in [9.17, 15) is 4.79 Å². The molecule has 0 spiro atoms. The van der Waals surface area contributed by atoms with Crippen molar-refractivity contribution < 1.29 is 9.53 Å². The van der Waals surface area contributed by atoms with Crippen LogP contribution in [0, 0.1) is 5.92 Å². The first-order chi connectivity index (χ1) is 7.79. The van der Waals surface area contributed by atoms with Crippen molar-refractivity contribution in [2.75, 3.05) is 19.7 Å². The molecule has 2 unspecified atom stereocenters. The molecule has 1 heterocycles. The number of nitrogens with one attached hydrogen (secondary N) is 1. The molecule has 1 saturated heterocycles. The summed E-state index contributed by atoms with van der Waals surface area (Å²) in [5.74, 6) is 0.0507. The summed E-state index contributed by atoms with van der Waals surface area (Å²) in [7, 11) is 0. The molecule has 1 fully saturated rings. The second-order valence-electron chi connectivity index (χ2n) is 3.81. The van der Waals surface area contributed by atoms with Crippen LogP contribution in [-0.2, 0) is 9.53 Å². The summed E-state index contributed by atoms with van der Waals surface area (Å²) >= 11 is 0. The van der Waals surface area contributed by atoms with Crippen LogP contribution in [0.25, 0.3) is 10.4 Å². The number of hydrogen-bond acceptors (Lipinski definition) is 3. The van der Waals surface area contributed by atoms with Crippen molar-refractivity contribution in [2.45, 2.75) is 32.3 Å². The fourth-order valence-corrected chi connectivity index (χ4v) is 1.89. The van der Waals surface area contributed by atoms with E-state index in [0.29, 0.717) is 26.1 Å². The molecule has 2 atom stereocenters. The number of carbonyl (C=O) groups excluding carboxylic acids is 1. The van der Waals surface area contributed by atoms with Crippen molar-refractivity contribution >= 4 is 5.91 Å². The molecule has 1 aliphatic rings. The number of nitrogens with zero attached hydrogens (tertiary/aromatic N) is 3. The minimum absolute atomic E-state index is 0.00975. The van der Waals surface area contributed by atoms with Crippen LogP contribution >= 0.6 is 0 Å². The molecule has 6 nitrogen and oxygen atoms in total. The summed E-state index contributed by atoms with van der Waals surface area (Å²) in [6.07, 6.45) is 2.43. The van der Waals surface area contributed by atoms with Gasteiger partial charge in [-0.2, -0.15) is 0 Å². The Kier molecular flexibility index (Phi) is 5.67. The number of ether oxygens (including phenoxy) is 1. The Hall–Kier alpha value is -1.26. The van der Waals surface area contributed by atoms with E-state index in [-0.39, 0.29) is 17.9 Å². The molecule has 90 valence electrons. The normalized spacial score (nSPS) is 23.8. The van der Waals surface area contributed by atoms with Crippen LogP contribution in [0.3, 0.4) is 0 Å². The standard InChI is InChI=1S/C10H18N4O2/c1-2-9-8(4-7-16-9)10(15)12-5-3-6-13-14-11/h8-9H,2-7H2,1H3,(H,12,15). The van der Waals surface area contributed by atoms with E-state index in [2.05, 4.69) is 15.3 Å². The molecule has 1 aliphatic heterocycles. The van der Waals surface area contributed by atoms with Crippen LogP contribution in [0.4, 0.5) is 0 Å². The van der Waals surface area contributed by atoms with Crippen LogP contribution in [0.15, 0.2) is 5.11 Å². The lowest BCUT2D eigenvalue weighted by atomic mass is 9.99. The van der Waals surface area contributed by atoms with Crippen molar-refractivity contribution in [3.05, 3.63) is 10.4 Å². The Labute approximate surface area is 95.0 Å². The first-order valence-electron chi connectivity index (χ1n) is 5.69. The van der Waals surface area contributed by atoms with Gasteiger partial charge < -0.3 is 10.1 Å². The van der Waals surface area contributed by atoms with Gasteiger partial charge in [-0.05, 0) is 24.8 Å². The summed E-state index contributed by atoms with van der Waals surface area (Å²) in [5, 5.41) is 6.25. The maximum Gasteiger partial charge on any atom is 0.225 e. The number of amides is 1. The monoisotopic (exact) mass is 226 g/mol. The lowest BCUT2D eigenvalue weighted by Gasteiger charge is -2.16. The lowest BCUT2D eigenvalue weighted by molar-refractivity contribution is -0.126. The van der Waals surface area contributed by atoms with Gasteiger partial charge in [-0.25, -0.2) is 0 Å². The van der Waals surface area contributed by atoms with Crippen LogP contribution in [0.1, 0.15) is 26.2 Å². The Morgan fingerprint density at radius 1 is 1.69 bits per heavy atom. The van der Waals surface area contributed by atoms with E-state index in [4.69, 9.17) is 10.3 Å². The van der Waals surface area contributed by atoms with E-state index < -0.39 is 0 Å². The zero-order valence-electron chi connectivity index (χ0n) is 9.56. The fraction of sp³-hybridized carbons (Fsp3) is 0.900. The second-order valence-corrected chi connectivity index (χ2v) is 3.81. The van der Waals surface area contributed by atoms with Crippen molar-refractivity contribution in [2.24, 2.45) is 11.0 Å². The Morgan fingerprint density at radius 2 is 2.50 bits per heavy atom. The van der Waals surface area contributed by atoms with E-state index in [0.717, 1.165) is 12.8 Å². The van der Waals surface area contributed by atoms with Crippen LogP contribution in [0.2, 0.25) is 0 Å². The predicted molar refractivity (Wildman–Crippen MR) is 59.8 cm³/mol. The van der Waals surface area contributed by atoms with Gasteiger partial charge in [0.05, 0.1) is 12.0 Å². The van der Waals surface area contributed by atoms with Crippen LogP contribution < -0.4 is 5.32 Å². The summed E-state index contributed by atoms with van der Waals surface area (Å²) < 4.78 is 5.45. The van der Waals surface area contributed by atoms with Gasteiger partial charge in [-0.1, -0.05) is 12.0 Å². The molecule has 1 amide bonds. The summed E-state index contributed by atoms with van der Waals surface area (Å²) in [4.78, 5) is 14.4. The fourth-order valence-electron chi connectivity index (χ4n) is 1.89. The van der Waals surface area contributed by atoms with Gasteiger partial charge in [-0.15, -0.1) is 0 Å². The number of hydrogen-bond donors (Lipinski definition) is 1. The lowest BCUT2D eigenvalue weighted by Crippen LogP contribution is -2.35. The van der Waals surface area contributed by atoms with E-state index in [1.165, 1.54) is 0 Å². The molecule has 1 rings (SSSR count). The van der Waals surface area contributed by atoms with E-state index in [1.807, 2.05) is 6.92 Å². The first-order valence-corrected chi connectivity index (χ1v) is 5.69. The van der Waals surface area contributed by atoms with Gasteiger partial charge >= 0.3 is 0 Å². The molecule has 0 aromatic carbocycles. The molecular formula is C10H18N4O2. The summed E-state index contributed by atoms with van der Waals surface area (Å²) in [5.41, 5.74) is 8.07. The minimum atomic E-state index is -0.00975. The molecule has 6 heteroatoms. The molecule has 0 aromatic rings. The van der Waals surface area contributed by atoms with Crippen molar-refractivity contribution in [1.82, 2.24) is 5.32 Å². The molecule has 16 heavy (non-hydrogen) atoms. The Bertz CT molecular complexity index is 276. The van der Waals surface area contributed by atoms with Gasteiger partial charge in [0.2, 0.25) is 5.91 Å². The highest BCUT2D eigenvalue weighted by atomic mass is 16.5. The molecule has 1 N–H and O–H groups in total. The average molecular weight is 226 g/mol. The van der Waals surface area contributed by atoms with Gasteiger partial charge in [-0.3, -0.25) is 4.79 Å². The zero-order chi connectivity index (χ0) is 11.8. The smallest absolute Gasteiger partial charge is 0.225 e. The quantitative estimate of drug-likeness (QED) is 0.323. The Morgan fingerprint density at radius 3 is 3.19 bits per heavy atom. The van der Waals surface area contributed by atoms with Crippen molar-refractivity contribution in [3.8, 4) is 0 Å². The van der Waals surface area contributed by atoms with E-state index >= 15 is 0 Å². The SMILES string of the molecule is CCC1OCCC1C(=O)NCCCN=[N+]=[N-]. The largest absolute Gasteiger partial charge is 0.377 e. The van der Waals surface area contributed by atoms with Crippen LogP contribution in [-0.4, -0.2) is 31.7 Å². The maximum atomic E-state index is 11.8. The molecule has 0 saturated carbocycles. The van der Waals surface area contributed by atoms with Crippen molar-refractivity contribution in [1.29, 1.82) is 0 Å². The highest BCUT2D eigenvalue weighted by molar-refractivity contribution is 5.79. The van der Waals surface area contributed by atoms with Gasteiger partial charge in [0.15, 0.2) is 0 Å². The highest BCUT2D eigenvalue weighted by Gasteiger charge is 2.32. The van der Waals surface area contributed by atoms with Crippen molar-refractivity contribution in [3.63, 3.8) is 0 Å². The van der Waals surface area contributed by atoms with Gasteiger partial charge in [0.1, 0.15) is 0 Å². The highest BCUT2D eigenvalue weighted by Crippen LogP contribution is 2.23. The van der Waals surface area contributed by atoms with Gasteiger partial charge in [0.25, 0.3) is 0 Å². The third-order valence-electron chi connectivity index (χ3n) is 2.75. The third kappa shape index (κ3) is 3.72. The topological polar surface area (TPSA) is 87.1 Å². The maximum absolute atomic E-state index is 11.8. The molecule has 0 aliphatic carbocycles. The summed E-state index contributed by atoms with van der Waals surface area (Å²) in [6.45, 7) is 3.69. The molecule has 0 bridgehead atoms. The molecular weight excluding hydrogens is 208 g/mol. The predicted octanol–water partition coefficient (Wildman–Crippen LogP) is 1.62. The third-order valence-corrected chi connectivity index (χ3v) is 2.75. The first kappa shape index (κ1) is 12.8. The second kappa shape index (κ2) is 7.09. The number of azide groups is 1. The summed E-state index contributed by atoms with van der Waals surface area (Å²) in [6, 6.07) is 0. The Balaban J connectivity index is 2.21. The van der Waals surface area contributed by atoms with Gasteiger partial charge in [0, 0.05) is 24.6 Å². The molecule has 0 radical (unpaired) electrons.